The molecule has 2 aromatic carbocycles. The molecule has 0 aliphatic carbocycles. The lowest BCUT2D eigenvalue weighted by Gasteiger charge is -2.12. The highest BCUT2D eigenvalue weighted by molar-refractivity contribution is 9.10. The first kappa shape index (κ1) is 14.1. The minimum absolute atomic E-state index is 0.0652. The molecule has 106 valence electrons. The average Bonchev–Trinajstić information content (AvgIpc) is 2.47. The van der Waals surface area contributed by atoms with Crippen LogP contribution in [-0.2, 0) is 0 Å². The number of nitrogens with two attached hydrogens (primary N) is 1. The fourth-order valence-electron chi connectivity index (χ4n) is 2.06. The third kappa shape index (κ3) is 2.66. The Morgan fingerprint density at radius 3 is 2.81 bits per heavy atom. The number of fused-ring (bicyclic) bond motifs is 1. The monoisotopic (exact) mass is 365 g/mol. The van der Waals surface area contributed by atoms with Gasteiger partial charge in [0.2, 0.25) is 0 Å². The maximum absolute atomic E-state index is 14.0. The number of pyridine rings is 1. The van der Waals surface area contributed by atoms with Crippen LogP contribution in [0.5, 0.6) is 0 Å². The van der Waals surface area contributed by atoms with E-state index in [1.54, 1.807) is 30.5 Å². The molecule has 0 saturated carbocycles. The second kappa shape index (κ2) is 5.50. The van der Waals surface area contributed by atoms with Crippen LogP contribution in [0.4, 0.5) is 21.5 Å². The zero-order valence-corrected chi connectivity index (χ0v) is 13.0. The number of benzene rings is 2. The normalized spacial score (nSPS) is 10.8. The minimum atomic E-state index is -0.499. The van der Waals surface area contributed by atoms with Crippen LogP contribution >= 0.6 is 27.5 Å². The topological polar surface area (TPSA) is 50.9 Å². The Morgan fingerprint density at radius 1 is 1.19 bits per heavy atom. The number of anilines is 3. The molecule has 0 bridgehead atoms. The summed E-state index contributed by atoms with van der Waals surface area (Å²) in [5, 5.41) is 3.86. The summed E-state index contributed by atoms with van der Waals surface area (Å²) in [4.78, 5) is 4.34. The lowest BCUT2D eigenvalue weighted by atomic mass is 10.1. The van der Waals surface area contributed by atoms with Crippen LogP contribution in [-0.4, -0.2) is 4.98 Å². The first-order chi connectivity index (χ1) is 10.1. The molecule has 0 atom stereocenters. The van der Waals surface area contributed by atoms with Gasteiger partial charge in [-0.15, -0.1) is 0 Å². The standard InChI is InChI=1S/C15H10BrClFN3/c16-8-6-9-11(19)4-5-13(15(9)20-7-8)21-12-3-1-2-10(17)14(12)18/h1-7,21H,19H2. The Morgan fingerprint density at radius 2 is 2.00 bits per heavy atom. The predicted octanol–water partition coefficient (Wildman–Crippen LogP) is 5.12. The molecule has 3 nitrogen and oxygen atoms in total. The molecule has 1 heterocycles. The molecule has 0 spiro atoms. The first-order valence-electron chi connectivity index (χ1n) is 6.11. The summed E-state index contributed by atoms with van der Waals surface area (Å²) in [6, 6.07) is 10.2. The number of halogens is 3. The van der Waals surface area contributed by atoms with Crippen LogP contribution in [0, 0.1) is 5.82 Å². The van der Waals surface area contributed by atoms with E-state index < -0.39 is 5.82 Å². The molecule has 1 aromatic heterocycles. The highest BCUT2D eigenvalue weighted by atomic mass is 79.9. The van der Waals surface area contributed by atoms with E-state index in [4.69, 9.17) is 17.3 Å². The van der Waals surface area contributed by atoms with Gasteiger partial charge in [-0.3, -0.25) is 4.98 Å². The van der Waals surface area contributed by atoms with E-state index in [0.717, 1.165) is 9.86 Å². The zero-order valence-electron chi connectivity index (χ0n) is 10.7. The number of nitrogens with zero attached hydrogens (tertiary/aromatic N) is 1. The number of nitrogen functional groups attached to an aromatic ring is 1. The lowest BCUT2D eigenvalue weighted by molar-refractivity contribution is 0.632. The van der Waals surface area contributed by atoms with E-state index in [-0.39, 0.29) is 5.02 Å². The summed E-state index contributed by atoms with van der Waals surface area (Å²) >= 11 is 9.15. The van der Waals surface area contributed by atoms with Gasteiger partial charge in [-0.1, -0.05) is 17.7 Å². The minimum Gasteiger partial charge on any atom is -0.398 e. The third-order valence-corrected chi connectivity index (χ3v) is 3.80. The van der Waals surface area contributed by atoms with E-state index in [2.05, 4.69) is 26.2 Å². The van der Waals surface area contributed by atoms with E-state index in [1.807, 2.05) is 6.07 Å². The Balaban J connectivity index is 2.13. The van der Waals surface area contributed by atoms with Crippen molar-refractivity contribution in [2.24, 2.45) is 0 Å². The van der Waals surface area contributed by atoms with Gasteiger partial charge in [0.1, 0.15) is 0 Å². The molecule has 6 heteroatoms. The van der Waals surface area contributed by atoms with E-state index in [1.165, 1.54) is 6.07 Å². The Bertz CT molecular complexity index is 839. The van der Waals surface area contributed by atoms with Crippen molar-refractivity contribution in [3.8, 4) is 0 Å². The second-order valence-corrected chi connectivity index (χ2v) is 5.80. The molecule has 0 unspecified atom stereocenters. The number of aromatic nitrogens is 1. The van der Waals surface area contributed by atoms with Gasteiger partial charge in [0.05, 0.1) is 21.9 Å². The summed E-state index contributed by atoms with van der Waals surface area (Å²) in [6.07, 6.45) is 1.67. The molecule has 0 radical (unpaired) electrons. The number of hydrogen-bond donors (Lipinski definition) is 2. The molecule has 21 heavy (non-hydrogen) atoms. The van der Waals surface area contributed by atoms with Crippen molar-refractivity contribution in [1.82, 2.24) is 4.98 Å². The van der Waals surface area contributed by atoms with Crippen molar-refractivity contribution < 1.29 is 4.39 Å². The van der Waals surface area contributed by atoms with Gasteiger partial charge in [0.25, 0.3) is 0 Å². The van der Waals surface area contributed by atoms with E-state index >= 15 is 0 Å². The number of rotatable bonds is 2. The fraction of sp³-hybridized carbons (Fsp3) is 0. The highest BCUT2D eigenvalue weighted by Crippen LogP contribution is 2.32. The molecule has 0 aliphatic heterocycles. The van der Waals surface area contributed by atoms with Gasteiger partial charge in [-0.25, -0.2) is 4.39 Å². The van der Waals surface area contributed by atoms with E-state index in [0.29, 0.717) is 22.6 Å². The van der Waals surface area contributed by atoms with Crippen molar-refractivity contribution in [2.75, 3.05) is 11.1 Å². The van der Waals surface area contributed by atoms with Crippen LogP contribution in [0.1, 0.15) is 0 Å². The van der Waals surface area contributed by atoms with Gasteiger partial charge >= 0.3 is 0 Å². The smallest absolute Gasteiger partial charge is 0.165 e. The van der Waals surface area contributed by atoms with Gasteiger partial charge in [0, 0.05) is 21.7 Å². The van der Waals surface area contributed by atoms with Crippen LogP contribution < -0.4 is 11.1 Å². The number of nitrogens with one attached hydrogen (secondary N) is 1. The predicted molar refractivity (Wildman–Crippen MR) is 88.5 cm³/mol. The average molecular weight is 367 g/mol. The lowest BCUT2D eigenvalue weighted by Crippen LogP contribution is -1.98. The maximum atomic E-state index is 14.0. The van der Waals surface area contributed by atoms with Gasteiger partial charge in [-0.2, -0.15) is 0 Å². The molecular weight excluding hydrogens is 357 g/mol. The quantitative estimate of drug-likeness (QED) is 0.619. The van der Waals surface area contributed by atoms with Crippen molar-refractivity contribution in [3.63, 3.8) is 0 Å². The van der Waals surface area contributed by atoms with E-state index in [9.17, 15) is 4.39 Å². The molecule has 3 rings (SSSR count). The maximum Gasteiger partial charge on any atom is 0.165 e. The molecular formula is C15H10BrClFN3. The van der Waals surface area contributed by atoms with Crippen molar-refractivity contribution >= 4 is 55.5 Å². The molecule has 0 amide bonds. The Labute approximate surface area is 134 Å². The molecule has 0 aliphatic rings. The summed E-state index contributed by atoms with van der Waals surface area (Å²) in [5.74, 6) is -0.499. The summed E-state index contributed by atoms with van der Waals surface area (Å²) < 4.78 is 14.8. The van der Waals surface area contributed by atoms with Crippen LogP contribution in [0.3, 0.4) is 0 Å². The van der Waals surface area contributed by atoms with Gasteiger partial charge < -0.3 is 11.1 Å². The van der Waals surface area contributed by atoms with Gasteiger partial charge in [-0.05, 0) is 46.3 Å². The zero-order chi connectivity index (χ0) is 15.0. The van der Waals surface area contributed by atoms with Crippen LogP contribution in [0.2, 0.25) is 5.02 Å². The second-order valence-electron chi connectivity index (χ2n) is 4.48. The first-order valence-corrected chi connectivity index (χ1v) is 7.28. The van der Waals surface area contributed by atoms with Crippen molar-refractivity contribution in [2.45, 2.75) is 0 Å². The molecule has 3 aromatic rings. The van der Waals surface area contributed by atoms with Crippen molar-refractivity contribution in [1.29, 1.82) is 0 Å². The summed E-state index contributed by atoms with van der Waals surface area (Å²) in [6.45, 7) is 0. The molecule has 0 saturated heterocycles. The molecule has 0 fully saturated rings. The number of hydrogen-bond acceptors (Lipinski definition) is 3. The fourth-order valence-corrected chi connectivity index (χ4v) is 2.57. The third-order valence-electron chi connectivity index (χ3n) is 3.07. The SMILES string of the molecule is Nc1ccc(Nc2cccc(Cl)c2F)c2ncc(Br)cc12. The Hall–Kier alpha value is -1.85. The Kier molecular flexibility index (Phi) is 3.69. The largest absolute Gasteiger partial charge is 0.398 e. The molecule has 3 N–H and O–H groups in total. The van der Waals surface area contributed by atoms with Crippen LogP contribution in [0.25, 0.3) is 10.9 Å². The summed E-state index contributed by atoms with van der Waals surface area (Å²) in [5.41, 5.74) is 8.18. The van der Waals surface area contributed by atoms with Crippen LogP contribution in [0.15, 0.2) is 47.1 Å². The van der Waals surface area contributed by atoms with Gasteiger partial charge in [0.15, 0.2) is 5.82 Å². The van der Waals surface area contributed by atoms with Crippen molar-refractivity contribution in [3.05, 3.63) is 57.9 Å². The summed E-state index contributed by atoms with van der Waals surface area (Å²) in [7, 11) is 0. The highest BCUT2D eigenvalue weighted by Gasteiger charge is 2.10.